The van der Waals surface area contributed by atoms with Crippen molar-refractivity contribution in [2.24, 2.45) is 0 Å². The minimum Gasteiger partial charge on any atom is -0.388 e. The first-order valence-electron chi connectivity index (χ1n) is 9.46. The molecule has 26 heavy (non-hydrogen) atoms. The van der Waals surface area contributed by atoms with Crippen LogP contribution in [0.15, 0.2) is 55.2 Å². The molecule has 3 atom stereocenters. The van der Waals surface area contributed by atoms with Crippen LogP contribution in [0.3, 0.4) is 0 Å². The van der Waals surface area contributed by atoms with Crippen LogP contribution in [0.2, 0.25) is 0 Å². The standard InChI is InChI=1S/C21H24N4O/c26-21(15-24-9-6-17-5-8-23-13-20(17)24)10-18-3-4-19(11-21)25(18)14-16-2-1-7-22-12-16/h1-2,5-9,12-13,18-19,26H,3-4,10-11,14-15H2/t18-,19+,21?. The number of aromatic nitrogens is 3. The van der Waals surface area contributed by atoms with Crippen LogP contribution in [-0.2, 0) is 13.1 Å². The monoisotopic (exact) mass is 348 g/mol. The Bertz CT molecular complexity index is 893. The number of pyridine rings is 2. The van der Waals surface area contributed by atoms with Gasteiger partial charge in [0.25, 0.3) is 0 Å². The van der Waals surface area contributed by atoms with E-state index < -0.39 is 5.60 Å². The molecule has 0 spiro atoms. The van der Waals surface area contributed by atoms with Crippen LogP contribution in [0, 0.1) is 0 Å². The van der Waals surface area contributed by atoms with Gasteiger partial charge in [-0.2, -0.15) is 0 Å². The molecule has 134 valence electrons. The molecule has 1 N–H and O–H groups in total. The molecule has 0 amide bonds. The highest BCUT2D eigenvalue weighted by Gasteiger charge is 2.47. The summed E-state index contributed by atoms with van der Waals surface area (Å²) >= 11 is 0. The molecule has 0 aliphatic carbocycles. The zero-order valence-electron chi connectivity index (χ0n) is 14.8. The number of aliphatic hydroxyl groups is 1. The molecule has 2 fully saturated rings. The molecular formula is C21H24N4O. The van der Waals surface area contributed by atoms with E-state index in [2.05, 4.69) is 37.8 Å². The third-order valence-corrected chi connectivity index (χ3v) is 6.13. The van der Waals surface area contributed by atoms with Crippen LogP contribution < -0.4 is 0 Å². The molecule has 1 unspecified atom stereocenters. The highest BCUT2D eigenvalue weighted by Crippen LogP contribution is 2.42. The van der Waals surface area contributed by atoms with E-state index in [1.165, 1.54) is 23.8 Å². The van der Waals surface area contributed by atoms with Crippen LogP contribution in [0.4, 0.5) is 0 Å². The Morgan fingerprint density at radius 2 is 1.85 bits per heavy atom. The van der Waals surface area contributed by atoms with Gasteiger partial charge in [0.1, 0.15) is 0 Å². The maximum Gasteiger partial charge on any atom is 0.0855 e. The lowest BCUT2D eigenvalue weighted by molar-refractivity contribution is -0.0644. The Morgan fingerprint density at radius 1 is 1.04 bits per heavy atom. The van der Waals surface area contributed by atoms with Gasteiger partial charge in [-0.3, -0.25) is 14.9 Å². The van der Waals surface area contributed by atoms with E-state index >= 15 is 0 Å². The van der Waals surface area contributed by atoms with Gasteiger partial charge in [0.05, 0.1) is 23.9 Å². The molecule has 0 aromatic carbocycles. The normalized spacial score (nSPS) is 28.7. The minimum absolute atomic E-state index is 0.457. The molecule has 2 aliphatic rings. The van der Waals surface area contributed by atoms with Gasteiger partial charge in [-0.05, 0) is 49.4 Å². The van der Waals surface area contributed by atoms with Gasteiger partial charge in [0.15, 0.2) is 0 Å². The smallest absolute Gasteiger partial charge is 0.0855 e. The largest absolute Gasteiger partial charge is 0.388 e. The maximum atomic E-state index is 11.4. The molecule has 5 heterocycles. The van der Waals surface area contributed by atoms with Crippen LogP contribution in [0.25, 0.3) is 10.9 Å². The fraction of sp³-hybridized carbons (Fsp3) is 0.429. The van der Waals surface area contributed by atoms with Gasteiger partial charge in [0.2, 0.25) is 0 Å². The first-order valence-corrected chi connectivity index (χ1v) is 9.46. The number of piperidine rings is 1. The quantitative estimate of drug-likeness (QED) is 0.787. The van der Waals surface area contributed by atoms with Gasteiger partial charge < -0.3 is 9.67 Å². The Kier molecular flexibility index (Phi) is 3.80. The second-order valence-corrected chi connectivity index (χ2v) is 7.93. The molecule has 3 aromatic rings. The predicted octanol–water partition coefficient (Wildman–Crippen LogP) is 2.99. The number of hydrogen-bond donors (Lipinski definition) is 1. The second-order valence-electron chi connectivity index (χ2n) is 7.93. The van der Waals surface area contributed by atoms with Crippen LogP contribution >= 0.6 is 0 Å². The predicted molar refractivity (Wildman–Crippen MR) is 101 cm³/mol. The summed E-state index contributed by atoms with van der Waals surface area (Å²) in [5.41, 5.74) is 1.72. The number of rotatable bonds is 4. The highest BCUT2D eigenvalue weighted by molar-refractivity contribution is 5.78. The molecule has 2 bridgehead atoms. The van der Waals surface area contributed by atoms with E-state index in [4.69, 9.17) is 0 Å². The lowest BCUT2D eigenvalue weighted by Crippen LogP contribution is -2.52. The lowest BCUT2D eigenvalue weighted by atomic mass is 9.85. The van der Waals surface area contributed by atoms with Gasteiger partial charge in [-0.25, -0.2) is 0 Å². The topological polar surface area (TPSA) is 54.2 Å². The molecule has 2 aliphatic heterocycles. The molecule has 5 rings (SSSR count). The van der Waals surface area contributed by atoms with E-state index in [0.29, 0.717) is 18.6 Å². The third-order valence-electron chi connectivity index (χ3n) is 6.13. The second kappa shape index (κ2) is 6.18. The van der Waals surface area contributed by atoms with Crippen molar-refractivity contribution in [3.8, 4) is 0 Å². The fourth-order valence-electron chi connectivity index (χ4n) is 4.99. The van der Waals surface area contributed by atoms with E-state index in [-0.39, 0.29) is 0 Å². The van der Waals surface area contributed by atoms with Crippen LogP contribution in [-0.4, -0.2) is 42.2 Å². The fourth-order valence-corrected chi connectivity index (χ4v) is 4.99. The van der Waals surface area contributed by atoms with E-state index in [0.717, 1.165) is 24.9 Å². The zero-order chi connectivity index (χ0) is 17.6. The Morgan fingerprint density at radius 3 is 2.62 bits per heavy atom. The van der Waals surface area contributed by atoms with E-state index in [1.54, 1.807) is 0 Å². The Balaban J connectivity index is 1.35. The average Bonchev–Trinajstić information content (AvgIpc) is 3.15. The third kappa shape index (κ3) is 2.81. The maximum absolute atomic E-state index is 11.4. The summed E-state index contributed by atoms with van der Waals surface area (Å²) < 4.78 is 2.17. The zero-order valence-corrected chi connectivity index (χ0v) is 14.8. The Labute approximate surface area is 153 Å². The van der Waals surface area contributed by atoms with Crippen molar-refractivity contribution in [3.05, 3.63) is 60.8 Å². The summed E-state index contributed by atoms with van der Waals surface area (Å²) in [6.45, 7) is 1.59. The minimum atomic E-state index is -0.640. The summed E-state index contributed by atoms with van der Waals surface area (Å²) in [5, 5.41) is 12.6. The van der Waals surface area contributed by atoms with Crippen molar-refractivity contribution in [3.63, 3.8) is 0 Å². The summed E-state index contributed by atoms with van der Waals surface area (Å²) in [5.74, 6) is 0. The van der Waals surface area contributed by atoms with Gasteiger partial charge in [-0.15, -0.1) is 0 Å². The van der Waals surface area contributed by atoms with Gasteiger partial charge in [0, 0.05) is 48.8 Å². The number of nitrogens with zero attached hydrogens (tertiary/aromatic N) is 4. The molecule has 3 aromatic heterocycles. The average molecular weight is 348 g/mol. The summed E-state index contributed by atoms with van der Waals surface area (Å²) in [4.78, 5) is 11.1. The molecule has 5 nitrogen and oxygen atoms in total. The molecule has 2 saturated heterocycles. The van der Waals surface area contributed by atoms with Crippen molar-refractivity contribution in [2.45, 2.75) is 56.5 Å². The summed E-state index contributed by atoms with van der Waals surface area (Å²) in [6.07, 6.45) is 13.6. The molecule has 0 saturated carbocycles. The first-order chi connectivity index (χ1) is 12.7. The lowest BCUT2D eigenvalue weighted by Gasteiger charge is -2.44. The molecule has 0 radical (unpaired) electrons. The van der Waals surface area contributed by atoms with E-state index in [1.807, 2.05) is 36.9 Å². The van der Waals surface area contributed by atoms with Crippen molar-refractivity contribution in [1.82, 2.24) is 19.4 Å². The summed E-state index contributed by atoms with van der Waals surface area (Å²) in [7, 11) is 0. The number of hydrogen-bond acceptors (Lipinski definition) is 4. The van der Waals surface area contributed by atoms with Crippen molar-refractivity contribution < 1.29 is 5.11 Å². The van der Waals surface area contributed by atoms with Crippen molar-refractivity contribution >= 4 is 10.9 Å². The van der Waals surface area contributed by atoms with Gasteiger partial charge in [-0.1, -0.05) is 6.07 Å². The van der Waals surface area contributed by atoms with Crippen LogP contribution in [0.5, 0.6) is 0 Å². The number of fused-ring (bicyclic) bond motifs is 3. The van der Waals surface area contributed by atoms with Crippen molar-refractivity contribution in [1.29, 1.82) is 0 Å². The van der Waals surface area contributed by atoms with Gasteiger partial charge >= 0.3 is 0 Å². The van der Waals surface area contributed by atoms with Crippen molar-refractivity contribution in [2.75, 3.05) is 0 Å². The molecular weight excluding hydrogens is 324 g/mol. The summed E-state index contributed by atoms with van der Waals surface area (Å²) in [6, 6.07) is 9.19. The Hall–Kier alpha value is -2.24. The molecule has 5 heteroatoms. The SMILES string of the molecule is OC1(Cn2ccc3ccncc32)C[C@H]2CC[C@@H](C1)N2Cc1cccnc1. The highest BCUT2D eigenvalue weighted by atomic mass is 16.3. The van der Waals surface area contributed by atoms with E-state index in [9.17, 15) is 5.11 Å². The first kappa shape index (κ1) is 16.0. The van der Waals surface area contributed by atoms with Crippen LogP contribution in [0.1, 0.15) is 31.2 Å².